The van der Waals surface area contributed by atoms with Crippen molar-refractivity contribution in [2.75, 3.05) is 12.0 Å². The van der Waals surface area contributed by atoms with E-state index in [4.69, 9.17) is 21.1 Å². The Balaban J connectivity index is 5.61. The SMILES string of the molecule is CSCCC(NC(=O)C(CCC(=O)O)NC(=O)C(CCC(=O)O)NC(=O)C(N)CC(=O)O)C(=O)O. The van der Waals surface area contributed by atoms with Crippen LogP contribution in [0, 0.1) is 0 Å². The van der Waals surface area contributed by atoms with E-state index in [1.54, 1.807) is 6.26 Å². The predicted molar refractivity (Wildman–Crippen MR) is 120 cm³/mol. The zero-order chi connectivity index (χ0) is 27.1. The van der Waals surface area contributed by atoms with Crippen LogP contribution in [0.25, 0.3) is 0 Å². The molecule has 3 amide bonds. The van der Waals surface area contributed by atoms with E-state index in [2.05, 4.69) is 16.0 Å². The van der Waals surface area contributed by atoms with Gasteiger partial charge >= 0.3 is 23.9 Å². The Morgan fingerprint density at radius 3 is 1.49 bits per heavy atom. The number of amides is 3. The summed E-state index contributed by atoms with van der Waals surface area (Å²) in [7, 11) is 0. The number of thioether (sulfide) groups is 1. The molecule has 9 N–H and O–H groups in total. The van der Waals surface area contributed by atoms with E-state index in [-0.39, 0.29) is 6.42 Å². The number of hydrogen-bond acceptors (Lipinski definition) is 9. The number of carbonyl (C=O) groups is 7. The topological polar surface area (TPSA) is 263 Å². The van der Waals surface area contributed by atoms with E-state index < -0.39 is 97.9 Å². The Morgan fingerprint density at radius 1 is 0.686 bits per heavy atom. The fourth-order valence-electron chi connectivity index (χ4n) is 2.67. The van der Waals surface area contributed by atoms with Gasteiger partial charge in [0.05, 0.1) is 12.5 Å². The summed E-state index contributed by atoms with van der Waals surface area (Å²) in [5.74, 6) is -8.07. The average Bonchev–Trinajstić information content (AvgIpc) is 2.75. The first-order chi connectivity index (χ1) is 16.3. The van der Waals surface area contributed by atoms with Gasteiger partial charge < -0.3 is 42.1 Å². The maximum atomic E-state index is 12.8. The number of carboxylic acids is 4. The maximum Gasteiger partial charge on any atom is 0.326 e. The van der Waals surface area contributed by atoms with Crippen molar-refractivity contribution in [2.24, 2.45) is 5.73 Å². The molecular weight excluding hydrogens is 492 g/mol. The summed E-state index contributed by atoms with van der Waals surface area (Å²) in [4.78, 5) is 81.6. The van der Waals surface area contributed by atoms with Crippen LogP contribution < -0.4 is 21.7 Å². The van der Waals surface area contributed by atoms with Gasteiger partial charge in [0.25, 0.3) is 0 Å². The van der Waals surface area contributed by atoms with Crippen LogP contribution in [0.5, 0.6) is 0 Å². The monoisotopic (exact) mass is 522 g/mol. The standard InChI is InChI=1S/C19H30N4O11S/c1-35-7-6-12(19(33)34)23-18(32)11(3-5-14(26)27)22-17(31)10(2-4-13(24)25)21-16(30)9(20)8-15(28)29/h9-12H,2-8,20H2,1H3,(H,21,30)(H,22,31)(H,23,32)(H,24,25)(H,26,27)(H,28,29)(H,33,34). The molecule has 0 aromatic rings. The lowest BCUT2D eigenvalue weighted by molar-refractivity contribution is -0.143. The van der Waals surface area contributed by atoms with Gasteiger partial charge in [0, 0.05) is 12.8 Å². The molecule has 15 nitrogen and oxygen atoms in total. The minimum absolute atomic E-state index is 0.0561. The van der Waals surface area contributed by atoms with E-state index in [1.165, 1.54) is 11.8 Å². The van der Waals surface area contributed by atoms with E-state index in [0.717, 1.165) is 0 Å². The number of rotatable bonds is 18. The Labute approximate surface area is 204 Å². The normalized spacial score (nSPS) is 14.0. The van der Waals surface area contributed by atoms with Crippen molar-refractivity contribution >= 4 is 53.4 Å². The molecular formula is C19H30N4O11S. The predicted octanol–water partition coefficient (Wildman–Crippen LogP) is -2.19. The van der Waals surface area contributed by atoms with Gasteiger partial charge in [0.2, 0.25) is 17.7 Å². The smallest absolute Gasteiger partial charge is 0.326 e. The summed E-state index contributed by atoms with van der Waals surface area (Å²) >= 11 is 1.33. The minimum Gasteiger partial charge on any atom is -0.481 e. The number of aliphatic carboxylic acids is 4. The van der Waals surface area contributed by atoms with Crippen LogP contribution in [0.1, 0.15) is 38.5 Å². The van der Waals surface area contributed by atoms with Crippen molar-refractivity contribution in [3.63, 3.8) is 0 Å². The third-order valence-electron chi connectivity index (χ3n) is 4.52. The number of nitrogens with two attached hydrogens (primary N) is 1. The van der Waals surface area contributed by atoms with E-state index in [9.17, 15) is 38.7 Å². The summed E-state index contributed by atoms with van der Waals surface area (Å²) in [5.41, 5.74) is 5.45. The summed E-state index contributed by atoms with van der Waals surface area (Å²) < 4.78 is 0. The van der Waals surface area contributed by atoms with Gasteiger partial charge in [-0.25, -0.2) is 4.79 Å². The fourth-order valence-corrected chi connectivity index (χ4v) is 3.14. The third kappa shape index (κ3) is 13.8. The molecule has 4 unspecified atom stereocenters. The second-order valence-electron chi connectivity index (χ2n) is 7.37. The molecule has 0 aliphatic carbocycles. The van der Waals surface area contributed by atoms with Crippen LogP contribution in [0.4, 0.5) is 0 Å². The second-order valence-corrected chi connectivity index (χ2v) is 8.36. The first-order valence-corrected chi connectivity index (χ1v) is 11.7. The van der Waals surface area contributed by atoms with Gasteiger partial charge in [0.15, 0.2) is 0 Å². The largest absolute Gasteiger partial charge is 0.481 e. The first-order valence-electron chi connectivity index (χ1n) is 10.3. The van der Waals surface area contributed by atoms with Crippen LogP contribution in [0.2, 0.25) is 0 Å². The Kier molecular flexibility index (Phi) is 14.7. The van der Waals surface area contributed by atoms with Crippen molar-refractivity contribution in [1.82, 2.24) is 16.0 Å². The lowest BCUT2D eigenvalue weighted by Crippen LogP contribution is -2.57. The van der Waals surface area contributed by atoms with Crippen molar-refractivity contribution < 1.29 is 54.0 Å². The molecule has 0 saturated carbocycles. The Morgan fingerprint density at radius 2 is 1.11 bits per heavy atom. The third-order valence-corrected chi connectivity index (χ3v) is 5.16. The molecule has 16 heteroatoms. The second kappa shape index (κ2) is 16.3. The molecule has 0 aliphatic rings. The van der Waals surface area contributed by atoms with Crippen LogP contribution in [-0.4, -0.2) is 98.2 Å². The molecule has 35 heavy (non-hydrogen) atoms. The zero-order valence-electron chi connectivity index (χ0n) is 18.9. The van der Waals surface area contributed by atoms with Crippen LogP contribution in [0.15, 0.2) is 0 Å². The van der Waals surface area contributed by atoms with Crippen LogP contribution in [-0.2, 0) is 33.6 Å². The van der Waals surface area contributed by atoms with E-state index in [0.29, 0.717) is 5.75 Å². The van der Waals surface area contributed by atoms with Gasteiger partial charge in [-0.15, -0.1) is 0 Å². The van der Waals surface area contributed by atoms with Gasteiger partial charge in [0.1, 0.15) is 18.1 Å². The molecule has 0 fully saturated rings. The molecule has 0 rings (SSSR count). The van der Waals surface area contributed by atoms with Crippen molar-refractivity contribution in [1.29, 1.82) is 0 Å². The number of hydrogen-bond donors (Lipinski definition) is 8. The van der Waals surface area contributed by atoms with Gasteiger partial charge in [-0.1, -0.05) is 0 Å². The number of carbonyl (C=O) groups excluding carboxylic acids is 3. The molecule has 0 aromatic heterocycles. The van der Waals surface area contributed by atoms with Gasteiger partial charge in [-0.2, -0.15) is 11.8 Å². The lowest BCUT2D eigenvalue weighted by Gasteiger charge is -2.24. The molecule has 0 bridgehead atoms. The highest BCUT2D eigenvalue weighted by molar-refractivity contribution is 7.98. The van der Waals surface area contributed by atoms with Crippen molar-refractivity contribution in [3.8, 4) is 0 Å². The fraction of sp³-hybridized carbons (Fsp3) is 0.632. The summed E-state index contributed by atoms with van der Waals surface area (Å²) in [5, 5.41) is 42.5. The first kappa shape index (κ1) is 31.6. The Hall–Kier alpha value is -3.40. The summed E-state index contributed by atoms with van der Waals surface area (Å²) in [6.45, 7) is 0. The van der Waals surface area contributed by atoms with E-state index in [1.807, 2.05) is 0 Å². The van der Waals surface area contributed by atoms with Gasteiger partial charge in [-0.05, 0) is 31.3 Å². The highest BCUT2D eigenvalue weighted by Gasteiger charge is 2.31. The molecule has 0 saturated heterocycles. The van der Waals surface area contributed by atoms with Gasteiger partial charge in [-0.3, -0.25) is 28.8 Å². The highest BCUT2D eigenvalue weighted by atomic mass is 32.2. The molecule has 0 heterocycles. The van der Waals surface area contributed by atoms with Crippen LogP contribution >= 0.6 is 11.8 Å². The lowest BCUT2D eigenvalue weighted by atomic mass is 10.1. The van der Waals surface area contributed by atoms with Crippen molar-refractivity contribution in [3.05, 3.63) is 0 Å². The minimum atomic E-state index is -1.55. The Bertz CT molecular complexity index is 808. The molecule has 0 aliphatic heterocycles. The summed E-state index contributed by atoms with van der Waals surface area (Å²) in [6.07, 6.45) is -1.03. The molecule has 198 valence electrons. The number of nitrogens with one attached hydrogen (secondary N) is 3. The molecule has 0 aromatic carbocycles. The molecule has 0 radical (unpaired) electrons. The molecule has 0 spiro atoms. The average molecular weight is 523 g/mol. The highest BCUT2D eigenvalue weighted by Crippen LogP contribution is 2.06. The molecule has 4 atom stereocenters. The maximum absolute atomic E-state index is 12.8. The van der Waals surface area contributed by atoms with E-state index >= 15 is 0 Å². The van der Waals surface area contributed by atoms with Crippen LogP contribution in [0.3, 0.4) is 0 Å². The quantitative estimate of drug-likeness (QED) is 0.0952. The summed E-state index contributed by atoms with van der Waals surface area (Å²) in [6, 6.07) is -5.93. The number of carboxylic acid groups (broad SMARTS) is 4. The zero-order valence-corrected chi connectivity index (χ0v) is 19.7. The van der Waals surface area contributed by atoms with Crippen molar-refractivity contribution in [2.45, 2.75) is 62.7 Å².